The van der Waals surface area contributed by atoms with Crippen molar-refractivity contribution in [3.8, 4) is 0 Å². The molecule has 0 unspecified atom stereocenters. The van der Waals surface area contributed by atoms with Gasteiger partial charge in [-0.3, -0.25) is 13.2 Å². The molecule has 0 heterocycles. The van der Waals surface area contributed by atoms with Crippen LogP contribution in [0.3, 0.4) is 0 Å². The van der Waals surface area contributed by atoms with Gasteiger partial charge in [0.05, 0.1) is 0 Å². The van der Waals surface area contributed by atoms with Crippen molar-refractivity contribution in [3.05, 3.63) is 0 Å². The number of carbonyl (C=O) groups is 2. The maximum absolute atomic E-state index is 9.00. The van der Waals surface area contributed by atoms with E-state index in [0.717, 1.165) is 6.92 Å². The normalized spacial score (nSPS) is 6.33. The summed E-state index contributed by atoms with van der Waals surface area (Å²) in [6, 6.07) is 0. The topological polar surface area (TPSA) is 158 Å². The molecule has 0 atom stereocenters. The molecule has 0 amide bonds. The summed E-state index contributed by atoms with van der Waals surface area (Å²) in [7, 11) is -5.17. The van der Waals surface area contributed by atoms with E-state index in [-0.39, 0.29) is 78.0 Å². The van der Waals surface area contributed by atoms with Crippen molar-refractivity contribution in [2.75, 3.05) is 0 Å². The summed E-state index contributed by atoms with van der Waals surface area (Å²) >= 11 is 0. The van der Waals surface area contributed by atoms with Gasteiger partial charge in [-0.1, -0.05) is 0 Å². The molecule has 1 N–H and O–H groups in total. The van der Waals surface area contributed by atoms with Crippen LogP contribution in [0.1, 0.15) is 6.92 Å². The molecule has 0 aromatic carbocycles. The first-order chi connectivity index (χ1) is 5.15. The SMILES string of the molecule is CC(=O)O.O=C[O-].O=S(=O)([O-])[O-].[Li+].[Na+].[Na+]. The van der Waals surface area contributed by atoms with Crippen molar-refractivity contribution in [2.24, 2.45) is 0 Å². The third kappa shape index (κ3) is 1400. The van der Waals surface area contributed by atoms with Crippen LogP contribution in [-0.2, 0) is 20.0 Å². The zero-order valence-corrected chi connectivity index (χ0v) is 13.6. The summed E-state index contributed by atoms with van der Waals surface area (Å²) in [5, 5.41) is 15.7. The van der Waals surface area contributed by atoms with Crippen LogP contribution in [0.5, 0.6) is 0 Å². The van der Waals surface area contributed by atoms with Gasteiger partial charge in [-0.05, 0) is 0 Å². The van der Waals surface area contributed by atoms with E-state index in [1.54, 1.807) is 0 Å². The van der Waals surface area contributed by atoms with E-state index in [1.165, 1.54) is 0 Å². The Bertz CT molecular complexity index is 204. The molecule has 0 aliphatic rings. The first-order valence-corrected chi connectivity index (χ1v) is 3.40. The minimum absolute atomic E-state index is 0. The average molecular weight is 254 g/mol. The van der Waals surface area contributed by atoms with Crippen LogP contribution in [0.15, 0.2) is 0 Å². The molecular weight excluding hydrogens is 249 g/mol. The second-order valence-electron chi connectivity index (χ2n) is 1.02. The standard InChI is InChI=1S/C2H4O2.CH2O2.Li.2Na.H2O4S/c1-2(3)4;2-1-3;;;;1-5(2,3)4/h1H3,(H,3,4);1H,(H,2,3);;;;(H2,1,2,3,4)/q;;3*+1;/p-3. The predicted molar refractivity (Wildman–Crippen MR) is 29.8 cm³/mol. The van der Waals surface area contributed by atoms with Gasteiger partial charge in [0.25, 0.3) is 5.97 Å². The Labute approximate surface area is 143 Å². The molecule has 0 aliphatic carbocycles. The first kappa shape index (κ1) is 36.0. The zero-order valence-electron chi connectivity index (χ0n) is 8.79. The van der Waals surface area contributed by atoms with Crippen molar-refractivity contribution < 1.29 is 115 Å². The smallest absolute Gasteiger partial charge is 0.759 e. The molecule has 0 rings (SSSR count). The van der Waals surface area contributed by atoms with Crippen molar-refractivity contribution in [2.45, 2.75) is 6.92 Å². The van der Waals surface area contributed by atoms with Crippen molar-refractivity contribution >= 4 is 22.8 Å². The molecule has 0 bridgehead atoms. The first-order valence-electron chi connectivity index (χ1n) is 2.07. The van der Waals surface area contributed by atoms with Crippen LogP contribution in [0.4, 0.5) is 0 Å². The summed E-state index contributed by atoms with van der Waals surface area (Å²) in [6.45, 7) is 0.583. The third-order valence-electron chi connectivity index (χ3n) is 0. The Balaban J connectivity index is -0.0000000189. The van der Waals surface area contributed by atoms with E-state index < -0.39 is 22.8 Å². The maximum Gasteiger partial charge on any atom is 1.00 e. The van der Waals surface area contributed by atoms with Gasteiger partial charge >= 0.3 is 78.0 Å². The molecule has 74 valence electrons. The van der Waals surface area contributed by atoms with E-state index in [9.17, 15) is 0 Å². The summed E-state index contributed by atoms with van der Waals surface area (Å²) in [5.41, 5.74) is 0. The average Bonchev–Trinajstić information content (AvgIpc) is 1.56. The zero-order chi connectivity index (χ0) is 10.8. The van der Waals surface area contributed by atoms with Crippen LogP contribution in [-0.4, -0.2) is 35.1 Å². The molecule has 0 radical (unpaired) electrons. The number of carboxylic acids is 1. The van der Waals surface area contributed by atoms with Gasteiger partial charge < -0.3 is 24.1 Å². The second kappa shape index (κ2) is 24.6. The van der Waals surface area contributed by atoms with E-state index in [2.05, 4.69) is 0 Å². The number of aliphatic carboxylic acids is 1. The van der Waals surface area contributed by atoms with Crippen LogP contribution in [0.25, 0.3) is 0 Å². The van der Waals surface area contributed by atoms with Crippen molar-refractivity contribution in [3.63, 3.8) is 0 Å². The minimum atomic E-state index is -5.17. The van der Waals surface area contributed by atoms with Crippen LogP contribution in [0, 0.1) is 0 Å². The Morgan fingerprint density at radius 1 is 1.27 bits per heavy atom. The number of hydrogen-bond donors (Lipinski definition) is 1. The number of hydrogen-bond acceptors (Lipinski definition) is 7. The molecule has 0 fully saturated rings. The summed E-state index contributed by atoms with van der Waals surface area (Å²) in [6.07, 6.45) is 0. The Morgan fingerprint density at radius 2 is 1.27 bits per heavy atom. The number of carbonyl (C=O) groups excluding carboxylic acids is 1. The Kier molecular flexibility index (Phi) is 58.9. The van der Waals surface area contributed by atoms with Crippen LogP contribution in [0.2, 0.25) is 0 Å². The molecule has 8 nitrogen and oxygen atoms in total. The quantitative estimate of drug-likeness (QED) is 0.193. The molecule has 12 heteroatoms. The van der Waals surface area contributed by atoms with Gasteiger partial charge in [0.1, 0.15) is 0 Å². The monoisotopic (exact) mass is 254 g/mol. The van der Waals surface area contributed by atoms with Gasteiger partial charge in [-0.2, -0.15) is 0 Å². The summed E-state index contributed by atoms with van der Waals surface area (Å²) < 4.78 is 34.1. The molecule has 15 heavy (non-hydrogen) atoms. The second-order valence-corrected chi connectivity index (χ2v) is 1.84. The fourth-order valence-electron chi connectivity index (χ4n) is 0. The number of carboxylic acid groups (broad SMARTS) is 2. The van der Waals surface area contributed by atoms with Crippen molar-refractivity contribution in [1.82, 2.24) is 0 Å². The molecule has 0 aromatic rings. The van der Waals surface area contributed by atoms with Gasteiger partial charge in [0.2, 0.25) is 0 Å². The summed E-state index contributed by atoms with van der Waals surface area (Å²) in [4.78, 5) is 17.2. The van der Waals surface area contributed by atoms with E-state index in [0.29, 0.717) is 0 Å². The summed E-state index contributed by atoms with van der Waals surface area (Å²) in [5.74, 6) is -0.833. The molecular formula is C3H5LiNa2O8S. The van der Waals surface area contributed by atoms with E-state index >= 15 is 0 Å². The molecule has 0 saturated carbocycles. The number of rotatable bonds is 0. The van der Waals surface area contributed by atoms with Gasteiger partial charge in [0, 0.05) is 23.8 Å². The fourth-order valence-corrected chi connectivity index (χ4v) is 0. The maximum atomic E-state index is 9.00. The Hall–Kier alpha value is 1.41. The van der Waals surface area contributed by atoms with Crippen molar-refractivity contribution in [1.29, 1.82) is 0 Å². The largest absolute Gasteiger partial charge is 1.00 e. The van der Waals surface area contributed by atoms with E-state index in [4.69, 9.17) is 37.3 Å². The molecule has 0 spiro atoms. The molecule has 0 aromatic heterocycles. The predicted octanol–water partition coefficient (Wildman–Crippen LogP) is -11.9. The third-order valence-corrected chi connectivity index (χ3v) is 0. The van der Waals surface area contributed by atoms with Crippen LogP contribution < -0.4 is 83.1 Å². The van der Waals surface area contributed by atoms with Crippen LogP contribution >= 0.6 is 0 Å². The Morgan fingerprint density at radius 3 is 1.27 bits per heavy atom. The van der Waals surface area contributed by atoms with E-state index in [1.807, 2.05) is 0 Å². The van der Waals surface area contributed by atoms with Gasteiger partial charge in [0.15, 0.2) is 0 Å². The minimum Gasteiger partial charge on any atom is -0.759 e. The van der Waals surface area contributed by atoms with Gasteiger partial charge in [-0.15, -0.1) is 0 Å². The molecule has 0 aliphatic heterocycles. The molecule has 0 saturated heterocycles. The fraction of sp³-hybridized carbons (Fsp3) is 0.333. The van der Waals surface area contributed by atoms with Gasteiger partial charge in [-0.25, -0.2) is 0 Å².